The lowest BCUT2D eigenvalue weighted by Crippen LogP contribution is -2.43. The van der Waals surface area contributed by atoms with E-state index >= 15 is 0 Å². The average molecular weight is 383 g/mol. The zero-order valence-electron chi connectivity index (χ0n) is 14.6. The topological polar surface area (TPSA) is 66.3 Å². The van der Waals surface area contributed by atoms with Gasteiger partial charge in [0, 0.05) is 5.69 Å². The number of furan rings is 1. The van der Waals surface area contributed by atoms with Crippen LogP contribution in [0.25, 0.3) is 11.3 Å². The van der Waals surface area contributed by atoms with E-state index in [1.807, 2.05) is 31.2 Å². The number of rotatable bonds is 4. The molecule has 138 valence electrons. The summed E-state index contributed by atoms with van der Waals surface area (Å²) in [5, 5.41) is 3.27. The highest BCUT2D eigenvalue weighted by Crippen LogP contribution is 2.24. The van der Waals surface area contributed by atoms with Gasteiger partial charge >= 0.3 is 5.91 Å². The highest BCUT2D eigenvalue weighted by molar-refractivity contribution is 7.80. The van der Waals surface area contributed by atoms with E-state index < -0.39 is 11.7 Å². The molecule has 1 heterocycles. The van der Waals surface area contributed by atoms with Crippen molar-refractivity contribution in [1.82, 2.24) is 10.9 Å². The second-order valence-electron chi connectivity index (χ2n) is 5.69. The minimum absolute atomic E-state index is 0.0394. The Hall–Kier alpha value is -3.19. The molecule has 0 aliphatic rings. The summed E-state index contributed by atoms with van der Waals surface area (Å²) >= 11 is 5.19. The largest absolute Gasteiger partial charge is 0.451 e. The van der Waals surface area contributed by atoms with Crippen LogP contribution in [0.2, 0.25) is 0 Å². The number of amides is 1. The maximum Gasteiger partial charge on any atom is 0.305 e. The van der Waals surface area contributed by atoms with Crippen LogP contribution in [-0.2, 0) is 6.42 Å². The van der Waals surface area contributed by atoms with E-state index in [0.29, 0.717) is 0 Å². The molecule has 2 aromatic carbocycles. The molecule has 3 aromatic rings. The van der Waals surface area contributed by atoms with Gasteiger partial charge in [0.1, 0.15) is 11.6 Å². The molecule has 3 N–H and O–H groups in total. The fourth-order valence-electron chi connectivity index (χ4n) is 2.54. The third kappa shape index (κ3) is 4.51. The van der Waals surface area contributed by atoms with Crippen LogP contribution in [0.15, 0.2) is 65.1 Å². The van der Waals surface area contributed by atoms with Crippen molar-refractivity contribution in [2.45, 2.75) is 13.3 Å². The standard InChI is InChI=1S/C20H18FN3O2S/c1-2-13-7-3-6-10-16(13)22-20(27)24-23-19(25)18-12-11-17(26-18)14-8-4-5-9-15(14)21/h3-12H,2H2,1H3,(H,23,25)(H2,22,24,27). The smallest absolute Gasteiger partial charge is 0.305 e. The van der Waals surface area contributed by atoms with Crippen molar-refractivity contribution in [3.8, 4) is 11.3 Å². The first-order valence-electron chi connectivity index (χ1n) is 8.38. The molecular weight excluding hydrogens is 365 g/mol. The summed E-state index contributed by atoms with van der Waals surface area (Å²) < 4.78 is 19.3. The maximum atomic E-state index is 13.8. The molecule has 0 aliphatic carbocycles. The lowest BCUT2D eigenvalue weighted by molar-refractivity contribution is 0.0917. The molecule has 0 saturated heterocycles. The molecule has 1 amide bonds. The Kier molecular flexibility index (Phi) is 5.83. The lowest BCUT2D eigenvalue weighted by atomic mass is 10.1. The van der Waals surface area contributed by atoms with E-state index in [2.05, 4.69) is 16.2 Å². The summed E-state index contributed by atoms with van der Waals surface area (Å²) in [6, 6.07) is 17.0. The van der Waals surface area contributed by atoms with Crippen LogP contribution in [-0.4, -0.2) is 11.0 Å². The number of benzene rings is 2. The number of aryl methyl sites for hydroxylation is 1. The van der Waals surface area contributed by atoms with Crippen molar-refractivity contribution in [2.75, 3.05) is 5.32 Å². The van der Waals surface area contributed by atoms with Gasteiger partial charge in [-0.05, 0) is 54.5 Å². The van der Waals surface area contributed by atoms with Crippen molar-refractivity contribution in [3.63, 3.8) is 0 Å². The van der Waals surface area contributed by atoms with Gasteiger partial charge in [0.15, 0.2) is 10.9 Å². The summed E-state index contributed by atoms with van der Waals surface area (Å²) in [5.41, 5.74) is 7.35. The van der Waals surface area contributed by atoms with E-state index in [-0.39, 0.29) is 22.2 Å². The number of hydrazine groups is 1. The number of para-hydroxylation sites is 1. The summed E-state index contributed by atoms with van der Waals surface area (Å²) in [6.45, 7) is 2.04. The molecule has 0 saturated carbocycles. The van der Waals surface area contributed by atoms with E-state index in [0.717, 1.165) is 17.7 Å². The van der Waals surface area contributed by atoms with Crippen molar-refractivity contribution >= 4 is 28.9 Å². The van der Waals surface area contributed by atoms with E-state index in [1.165, 1.54) is 12.1 Å². The molecule has 0 radical (unpaired) electrons. The molecule has 7 heteroatoms. The van der Waals surface area contributed by atoms with Crippen molar-refractivity contribution in [3.05, 3.63) is 77.8 Å². The van der Waals surface area contributed by atoms with Gasteiger partial charge in [-0.25, -0.2) is 4.39 Å². The Morgan fingerprint density at radius 1 is 1.04 bits per heavy atom. The van der Waals surface area contributed by atoms with E-state index in [9.17, 15) is 9.18 Å². The molecule has 3 rings (SSSR count). The number of nitrogens with one attached hydrogen (secondary N) is 3. The van der Waals surface area contributed by atoms with Gasteiger partial charge < -0.3 is 9.73 Å². The second kappa shape index (κ2) is 8.46. The van der Waals surface area contributed by atoms with Crippen LogP contribution in [0, 0.1) is 5.82 Å². The van der Waals surface area contributed by atoms with Crippen molar-refractivity contribution in [1.29, 1.82) is 0 Å². The van der Waals surface area contributed by atoms with Crippen LogP contribution in [0.4, 0.5) is 10.1 Å². The third-order valence-corrected chi connectivity index (χ3v) is 4.11. The summed E-state index contributed by atoms with van der Waals surface area (Å²) in [6.07, 6.45) is 0.851. The van der Waals surface area contributed by atoms with Crippen LogP contribution in [0.1, 0.15) is 23.0 Å². The minimum Gasteiger partial charge on any atom is -0.451 e. The van der Waals surface area contributed by atoms with Crippen molar-refractivity contribution in [2.24, 2.45) is 0 Å². The van der Waals surface area contributed by atoms with Crippen LogP contribution < -0.4 is 16.2 Å². The first kappa shape index (κ1) is 18.6. The molecular formula is C20H18FN3O2S. The van der Waals surface area contributed by atoms with Gasteiger partial charge in [0.05, 0.1) is 5.56 Å². The number of carbonyl (C=O) groups excluding carboxylic acids is 1. The van der Waals surface area contributed by atoms with Crippen LogP contribution in [0.5, 0.6) is 0 Å². The summed E-state index contributed by atoms with van der Waals surface area (Å²) in [7, 11) is 0. The number of carbonyl (C=O) groups is 1. The molecule has 5 nitrogen and oxygen atoms in total. The maximum absolute atomic E-state index is 13.8. The van der Waals surface area contributed by atoms with Gasteiger partial charge in [-0.15, -0.1) is 0 Å². The molecule has 1 aromatic heterocycles. The number of anilines is 1. The van der Waals surface area contributed by atoms with Crippen molar-refractivity contribution < 1.29 is 13.6 Å². The summed E-state index contributed by atoms with van der Waals surface area (Å²) in [4.78, 5) is 12.2. The van der Waals surface area contributed by atoms with Gasteiger partial charge in [0.2, 0.25) is 0 Å². The quantitative estimate of drug-likeness (QED) is 0.464. The molecule has 0 spiro atoms. The molecule has 0 aliphatic heterocycles. The average Bonchev–Trinajstić information content (AvgIpc) is 3.17. The third-order valence-electron chi connectivity index (χ3n) is 3.91. The van der Waals surface area contributed by atoms with Gasteiger partial charge in [-0.3, -0.25) is 15.6 Å². The predicted octanol–water partition coefficient (Wildman–Crippen LogP) is 4.28. The van der Waals surface area contributed by atoms with Gasteiger partial charge in [0.25, 0.3) is 0 Å². The monoisotopic (exact) mass is 383 g/mol. The van der Waals surface area contributed by atoms with Crippen LogP contribution in [0.3, 0.4) is 0 Å². The highest BCUT2D eigenvalue weighted by Gasteiger charge is 2.14. The fraction of sp³-hybridized carbons (Fsp3) is 0.100. The fourth-order valence-corrected chi connectivity index (χ4v) is 2.71. The molecule has 27 heavy (non-hydrogen) atoms. The zero-order valence-corrected chi connectivity index (χ0v) is 15.4. The van der Waals surface area contributed by atoms with Crippen LogP contribution >= 0.6 is 12.2 Å². The Bertz CT molecular complexity index is 971. The molecule has 0 fully saturated rings. The number of halogens is 1. The number of thiocarbonyl (C=S) groups is 1. The predicted molar refractivity (Wildman–Crippen MR) is 107 cm³/mol. The number of hydrogen-bond acceptors (Lipinski definition) is 3. The number of hydrogen-bond donors (Lipinski definition) is 3. The first-order chi connectivity index (χ1) is 13.1. The molecule has 0 unspecified atom stereocenters. The van der Waals surface area contributed by atoms with Gasteiger partial charge in [-0.1, -0.05) is 37.3 Å². The Morgan fingerprint density at radius 3 is 2.56 bits per heavy atom. The highest BCUT2D eigenvalue weighted by atomic mass is 32.1. The SMILES string of the molecule is CCc1ccccc1NC(=S)NNC(=O)c1ccc(-c2ccccc2F)o1. The lowest BCUT2D eigenvalue weighted by Gasteiger charge is -2.13. The molecule has 0 atom stereocenters. The Balaban J connectivity index is 1.60. The second-order valence-corrected chi connectivity index (χ2v) is 6.10. The zero-order chi connectivity index (χ0) is 19.2. The minimum atomic E-state index is -0.523. The Morgan fingerprint density at radius 2 is 1.78 bits per heavy atom. The Labute approximate surface area is 161 Å². The first-order valence-corrected chi connectivity index (χ1v) is 8.79. The van der Waals surface area contributed by atoms with E-state index in [1.54, 1.807) is 24.3 Å². The summed E-state index contributed by atoms with van der Waals surface area (Å²) in [5.74, 6) is -0.629. The van der Waals surface area contributed by atoms with Gasteiger partial charge in [-0.2, -0.15) is 0 Å². The van der Waals surface area contributed by atoms with E-state index in [4.69, 9.17) is 16.6 Å². The molecule has 0 bridgehead atoms. The normalized spacial score (nSPS) is 10.3.